The molecule has 1 aromatic heterocycles. The van der Waals surface area contributed by atoms with Crippen molar-refractivity contribution in [3.63, 3.8) is 0 Å². The Kier molecular flexibility index (Phi) is 6.33. The van der Waals surface area contributed by atoms with Crippen LogP contribution in [0.1, 0.15) is 5.56 Å². The van der Waals surface area contributed by atoms with Crippen LogP contribution in [0.25, 0.3) is 17.2 Å². The lowest BCUT2D eigenvalue weighted by Gasteiger charge is -2.32. The van der Waals surface area contributed by atoms with Gasteiger partial charge >= 0.3 is 0 Å². The van der Waals surface area contributed by atoms with E-state index >= 15 is 0 Å². The van der Waals surface area contributed by atoms with E-state index in [0.29, 0.717) is 13.1 Å². The lowest BCUT2D eigenvalue weighted by molar-refractivity contribution is -0.133. The number of carbonyl (C=O) groups is 2. The number of hydrogen-bond donors (Lipinski definition) is 1. The van der Waals surface area contributed by atoms with Gasteiger partial charge in [0.15, 0.2) is 0 Å². The smallest absolute Gasteiger partial charge is 0.244 e. The van der Waals surface area contributed by atoms with E-state index in [1.165, 1.54) is 6.08 Å². The third kappa shape index (κ3) is 5.49. The SMILES string of the molecule is CN1CCN(C(=O)CNC(=O)/C=C/c2ccc(-c3cccnc3)cc2)CC1. The van der Waals surface area contributed by atoms with Gasteiger partial charge in [-0.3, -0.25) is 14.6 Å². The van der Waals surface area contributed by atoms with E-state index in [9.17, 15) is 9.59 Å². The van der Waals surface area contributed by atoms with Gasteiger partial charge in [-0.1, -0.05) is 30.3 Å². The maximum absolute atomic E-state index is 12.1. The zero-order valence-electron chi connectivity index (χ0n) is 15.5. The van der Waals surface area contributed by atoms with Crippen molar-refractivity contribution in [2.45, 2.75) is 0 Å². The molecule has 0 saturated carbocycles. The Morgan fingerprint density at radius 1 is 1.07 bits per heavy atom. The van der Waals surface area contributed by atoms with E-state index in [1.807, 2.05) is 49.6 Å². The van der Waals surface area contributed by atoms with Crippen molar-refractivity contribution in [1.82, 2.24) is 20.1 Å². The van der Waals surface area contributed by atoms with Gasteiger partial charge < -0.3 is 15.1 Å². The predicted molar refractivity (Wildman–Crippen MR) is 106 cm³/mol. The lowest BCUT2D eigenvalue weighted by Crippen LogP contribution is -2.49. The fraction of sp³-hybridized carbons (Fsp3) is 0.286. The van der Waals surface area contributed by atoms with E-state index in [2.05, 4.69) is 15.2 Å². The molecule has 1 aliphatic rings. The van der Waals surface area contributed by atoms with E-state index in [0.717, 1.165) is 29.8 Å². The molecule has 1 fully saturated rings. The first-order chi connectivity index (χ1) is 13.1. The van der Waals surface area contributed by atoms with E-state index in [-0.39, 0.29) is 18.4 Å². The molecule has 2 aromatic rings. The summed E-state index contributed by atoms with van der Waals surface area (Å²) < 4.78 is 0. The fourth-order valence-corrected chi connectivity index (χ4v) is 2.88. The summed E-state index contributed by atoms with van der Waals surface area (Å²) in [5.41, 5.74) is 3.04. The largest absolute Gasteiger partial charge is 0.343 e. The number of nitrogens with zero attached hydrogens (tertiary/aromatic N) is 3. The number of aromatic nitrogens is 1. The number of amides is 2. The molecule has 0 unspecified atom stereocenters. The number of nitrogens with one attached hydrogen (secondary N) is 1. The van der Waals surface area contributed by atoms with Gasteiger partial charge in [0, 0.05) is 44.6 Å². The maximum Gasteiger partial charge on any atom is 0.244 e. The lowest BCUT2D eigenvalue weighted by atomic mass is 10.1. The Hall–Kier alpha value is -2.99. The molecule has 27 heavy (non-hydrogen) atoms. The van der Waals surface area contributed by atoms with Gasteiger partial charge in [-0.05, 0) is 35.9 Å². The van der Waals surface area contributed by atoms with Crippen LogP contribution in [-0.2, 0) is 9.59 Å². The number of likely N-dealkylation sites (N-methyl/N-ethyl adjacent to an activating group) is 1. The van der Waals surface area contributed by atoms with Gasteiger partial charge in [-0.2, -0.15) is 0 Å². The van der Waals surface area contributed by atoms with Gasteiger partial charge in [0.05, 0.1) is 6.54 Å². The standard InChI is InChI=1S/C21H24N4O2/c1-24-11-13-25(14-12-24)21(27)16-23-20(26)9-6-17-4-7-18(8-5-17)19-3-2-10-22-15-19/h2-10,15H,11-14,16H2,1H3,(H,23,26)/b9-6+. The van der Waals surface area contributed by atoms with Crippen molar-refractivity contribution in [3.8, 4) is 11.1 Å². The Morgan fingerprint density at radius 2 is 1.81 bits per heavy atom. The molecule has 2 heterocycles. The summed E-state index contributed by atoms with van der Waals surface area (Å²) in [6, 6.07) is 11.8. The summed E-state index contributed by atoms with van der Waals surface area (Å²) in [7, 11) is 2.04. The molecular formula is C21H24N4O2. The van der Waals surface area contributed by atoms with Crippen molar-refractivity contribution in [2.75, 3.05) is 39.8 Å². The highest BCUT2D eigenvalue weighted by Gasteiger charge is 2.18. The molecule has 0 atom stereocenters. The van der Waals surface area contributed by atoms with Gasteiger partial charge in [0.25, 0.3) is 0 Å². The van der Waals surface area contributed by atoms with Crippen LogP contribution in [-0.4, -0.2) is 66.4 Å². The molecule has 0 spiro atoms. The second-order valence-corrected chi connectivity index (χ2v) is 6.60. The Bertz CT molecular complexity index is 795. The molecule has 0 radical (unpaired) electrons. The molecule has 6 nitrogen and oxygen atoms in total. The van der Waals surface area contributed by atoms with E-state index < -0.39 is 0 Å². The van der Waals surface area contributed by atoms with Gasteiger partial charge in [0.1, 0.15) is 0 Å². The average molecular weight is 364 g/mol. The third-order valence-corrected chi connectivity index (χ3v) is 4.60. The molecule has 0 aliphatic carbocycles. The zero-order valence-corrected chi connectivity index (χ0v) is 15.5. The zero-order chi connectivity index (χ0) is 19.1. The normalized spacial score (nSPS) is 15.1. The topological polar surface area (TPSA) is 65.5 Å². The highest BCUT2D eigenvalue weighted by Crippen LogP contribution is 2.18. The quantitative estimate of drug-likeness (QED) is 0.820. The Balaban J connectivity index is 1.47. The van der Waals surface area contributed by atoms with Crippen molar-refractivity contribution in [1.29, 1.82) is 0 Å². The van der Waals surface area contributed by atoms with Crippen molar-refractivity contribution < 1.29 is 9.59 Å². The molecule has 1 saturated heterocycles. The van der Waals surface area contributed by atoms with Crippen LogP contribution in [0, 0.1) is 0 Å². The molecule has 1 N–H and O–H groups in total. The first-order valence-corrected chi connectivity index (χ1v) is 9.04. The maximum atomic E-state index is 12.1. The highest BCUT2D eigenvalue weighted by atomic mass is 16.2. The van der Waals surface area contributed by atoms with Crippen molar-refractivity contribution >= 4 is 17.9 Å². The minimum atomic E-state index is -0.270. The summed E-state index contributed by atoms with van der Waals surface area (Å²) in [6.45, 7) is 3.20. The Morgan fingerprint density at radius 3 is 2.48 bits per heavy atom. The van der Waals surface area contributed by atoms with Crippen LogP contribution in [0.3, 0.4) is 0 Å². The summed E-state index contributed by atoms with van der Waals surface area (Å²) in [5, 5.41) is 2.66. The van der Waals surface area contributed by atoms with E-state index in [4.69, 9.17) is 0 Å². The number of hydrogen-bond acceptors (Lipinski definition) is 4. The number of pyridine rings is 1. The third-order valence-electron chi connectivity index (χ3n) is 4.60. The summed E-state index contributed by atoms with van der Waals surface area (Å²) in [6.07, 6.45) is 6.75. The summed E-state index contributed by atoms with van der Waals surface area (Å²) in [4.78, 5) is 32.2. The van der Waals surface area contributed by atoms with Crippen LogP contribution < -0.4 is 5.32 Å². The molecule has 3 rings (SSSR count). The molecule has 0 bridgehead atoms. The second kappa shape index (κ2) is 9.09. The monoisotopic (exact) mass is 364 g/mol. The molecule has 1 aliphatic heterocycles. The van der Waals surface area contributed by atoms with Crippen LogP contribution in [0.15, 0.2) is 54.9 Å². The van der Waals surface area contributed by atoms with Gasteiger partial charge in [-0.25, -0.2) is 0 Å². The van der Waals surface area contributed by atoms with Crippen molar-refractivity contribution in [3.05, 3.63) is 60.4 Å². The predicted octanol–water partition coefficient (Wildman–Crippen LogP) is 1.65. The van der Waals surface area contributed by atoms with Crippen molar-refractivity contribution in [2.24, 2.45) is 0 Å². The van der Waals surface area contributed by atoms with Crippen LogP contribution in [0.4, 0.5) is 0 Å². The average Bonchev–Trinajstić information content (AvgIpc) is 2.72. The van der Waals surface area contributed by atoms with Crippen LogP contribution >= 0.6 is 0 Å². The highest BCUT2D eigenvalue weighted by molar-refractivity contribution is 5.94. The molecule has 1 aromatic carbocycles. The van der Waals surface area contributed by atoms with Gasteiger partial charge in [-0.15, -0.1) is 0 Å². The fourth-order valence-electron chi connectivity index (χ4n) is 2.88. The number of piperazine rings is 1. The summed E-state index contributed by atoms with van der Waals surface area (Å²) >= 11 is 0. The number of carbonyl (C=O) groups excluding carboxylic acids is 2. The molecular weight excluding hydrogens is 340 g/mol. The van der Waals surface area contributed by atoms with Gasteiger partial charge in [0.2, 0.25) is 11.8 Å². The molecule has 6 heteroatoms. The first kappa shape index (κ1) is 18.8. The number of benzene rings is 1. The van der Waals surface area contributed by atoms with Crippen LogP contribution in [0.5, 0.6) is 0 Å². The van der Waals surface area contributed by atoms with Crippen LogP contribution in [0.2, 0.25) is 0 Å². The minimum Gasteiger partial charge on any atom is -0.343 e. The first-order valence-electron chi connectivity index (χ1n) is 9.04. The molecule has 140 valence electrons. The minimum absolute atomic E-state index is 0.0346. The van der Waals surface area contributed by atoms with E-state index in [1.54, 1.807) is 17.2 Å². The number of rotatable bonds is 5. The molecule has 2 amide bonds. The Labute approximate surface area is 159 Å². The summed E-state index contributed by atoms with van der Waals surface area (Å²) in [5.74, 6) is -0.306. The second-order valence-electron chi connectivity index (χ2n) is 6.60.